The third-order valence-electron chi connectivity index (χ3n) is 5.39. The molecular formula is C23H27N3O4. The van der Waals surface area contributed by atoms with Crippen molar-refractivity contribution in [2.45, 2.75) is 39.2 Å². The van der Waals surface area contributed by atoms with E-state index in [1.54, 1.807) is 12.4 Å². The van der Waals surface area contributed by atoms with Crippen LogP contribution < -0.4 is 4.74 Å². The van der Waals surface area contributed by atoms with Crippen LogP contribution in [0.3, 0.4) is 0 Å². The second-order valence-corrected chi connectivity index (χ2v) is 7.94. The summed E-state index contributed by atoms with van der Waals surface area (Å²) in [5, 5.41) is 0. The average Bonchev–Trinajstić information content (AvgIpc) is 2.75. The van der Waals surface area contributed by atoms with E-state index in [0.717, 1.165) is 26.7 Å². The van der Waals surface area contributed by atoms with Crippen molar-refractivity contribution in [2.24, 2.45) is 5.41 Å². The second-order valence-electron chi connectivity index (χ2n) is 7.94. The minimum Gasteiger partial charge on any atom is -0.491 e. The molecule has 1 saturated heterocycles. The molecule has 2 aromatic rings. The van der Waals surface area contributed by atoms with Crippen LogP contribution in [0.1, 0.15) is 31.4 Å². The molecular weight excluding hydrogens is 382 g/mol. The lowest BCUT2D eigenvalue weighted by molar-refractivity contribution is -0.157. The molecule has 1 aliphatic rings. The van der Waals surface area contributed by atoms with E-state index in [-0.39, 0.29) is 12.5 Å². The van der Waals surface area contributed by atoms with Crippen LogP contribution in [-0.2, 0) is 22.4 Å². The Kier molecular flexibility index (Phi) is 6.20. The number of nitrogens with zero attached hydrogens (tertiary/aromatic N) is 3. The lowest BCUT2D eigenvalue weighted by atomic mass is 9.73. The molecule has 1 aromatic carbocycles. The molecule has 1 fully saturated rings. The Bertz CT molecular complexity index is 901. The molecule has 0 aliphatic carbocycles. The molecule has 0 N–H and O–H groups in total. The third kappa shape index (κ3) is 4.20. The molecule has 0 saturated carbocycles. The van der Waals surface area contributed by atoms with Crippen LogP contribution in [0.5, 0.6) is 5.75 Å². The lowest BCUT2D eigenvalue weighted by Gasteiger charge is -2.42. The zero-order valence-electron chi connectivity index (χ0n) is 17.8. The summed E-state index contributed by atoms with van der Waals surface area (Å²) >= 11 is 0. The van der Waals surface area contributed by atoms with Crippen LogP contribution in [0.15, 0.2) is 48.8 Å². The summed E-state index contributed by atoms with van der Waals surface area (Å²) < 4.78 is 5.68. The summed E-state index contributed by atoms with van der Waals surface area (Å²) in [6.07, 6.45) is 4.44. The number of urea groups is 1. The van der Waals surface area contributed by atoms with Crippen LogP contribution in [-0.4, -0.2) is 52.8 Å². The number of rotatable bonds is 7. The van der Waals surface area contributed by atoms with Crippen LogP contribution in [0.2, 0.25) is 0 Å². The number of pyridine rings is 1. The topological polar surface area (TPSA) is 79.8 Å². The minimum atomic E-state index is -1.35. The van der Waals surface area contributed by atoms with Gasteiger partial charge in [-0.2, -0.15) is 0 Å². The molecule has 0 bridgehead atoms. The number of ether oxygens (including phenoxy) is 1. The molecule has 1 aromatic heterocycles. The zero-order chi connectivity index (χ0) is 21.9. The second kappa shape index (κ2) is 8.65. The van der Waals surface area contributed by atoms with Crippen molar-refractivity contribution >= 4 is 17.8 Å². The molecule has 7 heteroatoms. The third-order valence-corrected chi connectivity index (χ3v) is 5.39. The summed E-state index contributed by atoms with van der Waals surface area (Å²) in [6, 6.07) is 10.5. The predicted octanol–water partition coefficient (Wildman–Crippen LogP) is 3.08. The molecule has 30 heavy (non-hydrogen) atoms. The number of hydrogen-bond acceptors (Lipinski definition) is 5. The standard InChI is InChI=1S/C23H27N3O4/c1-16(2)30-19-7-5-18(6-8-19)15-23(12-9-17-10-13-24-14-11-17)20(27)25(3)22(29)26(4)21(23)28/h5-8,10-11,13-14,16H,9,12,15H2,1-4H3. The highest BCUT2D eigenvalue weighted by atomic mass is 16.5. The van der Waals surface area contributed by atoms with Gasteiger partial charge in [0, 0.05) is 26.5 Å². The Morgan fingerprint density at radius 3 is 2.00 bits per heavy atom. The van der Waals surface area contributed by atoms with E-state index in [9.17, 15) is 14.4 Å². The van der Waals surface area contributed by atoms with E-state index in [1.165, 1.54) is 14.1 Å². The Morgan fingerprint density at radius 1 is 0.900 bits per heavy atom. The van der Waals surface area contributed by atoms with Crippen molar-refractivity contribution in [2.75, 3.05) is 14.1 Å². The normalized spacial score (nSPS) is 16.4. The van der Waals surface area contributed by atoms with Gasteiger partial charge in [-0.25, -0.2) is 4.79 Å². The number of aryl methyl sites for hydroxylation is 1. The van der Waals surface area contributed by atoms with Gasteiger partial charge in [0.1, 0.15) is 11.2 Å². The average molecular weight is 409 g/mol. The molecule has 4 amide bonds. The number of hydrogen-bond donors (Lipinski definition) is 0. The highest BCUT2D eigenvalue weighted by molar-refractivity contribution is 6.18. The Balaban J connectivity index is 1.93. The largest absolute Gasteiger partial charge is 0.491 e. The van der Waals surface area contributed by atoms with Gasteiger partial charge in [0.15, 0.2) is 0 Å². The van der Waals surface area contributed by atoms with Crippen molar-refractivity contribution in [3.05, 3.63) is 59.9 Å². The van der Waals surface area contributed by atoms with Gasteiger partial charge >= 0.3 is 6.03 Å². The first kappa shape index (κ1) is 21.5. The van der Waals surface area contributed by atoms with Crippen LogP contribution in [0.4, 0.5) is 4.79 Å². The first-order valence-corrected chi connectivity index (χ1v) is 9.99. The Morgan fingerprint density at radius 2 is 1.47 bits per heavy atom. The monoisotopic (exact) mass is 409 g/mol. The molecule has 158 valence electrons. The van der Waals surface area contributed by atoms with Crippen molar-refractivity contribution in [1.29, 1.82) is 0 Å². The fraction of sp³-hybridized carbons (Fsp3) is 0.391. The predicted molar refractivity (Wildman–Crippen MR) is 112 cm³/mol. The smallest absolute Gasteiger partial charge is 0.332 e. The van der Waals surface area contributed by atoms with Crippen molar-refractivity contribution < 1.29 is 19.1 Å². The highest BCUT2D eigenvalue weighted by Crippen LogP contribution is 2.37. The number of amides is 4. The van der Waals surface area contributed by atoms with E-state index < -0.39 is 23.3 Å². The summed E-state index contributed by atoms with van der Waals surface area (Å²) in [6.45, 7) is 3.90. The summed E-state index contributed by atoms with van der Waals surface area (Å²) in [7, 11) is 2.85. The SMILES string of the molecule is CC(C)Oc1ccc(CC2(CCc3ccncc3)C(=O)N(C)C(=O)N(C)C2=O)cc1. The summed E-state index contributed by atoms with van der Waals surface area (Å²) in [4.78, 5) is 44.9. The number of carbonyl (C=O) groups excluding carboxylic acids is 3. The fourth-order valence-electron chi connectivity index (χ4n) is 3.80. The van der Waals surface area contributed by atoms with E-state index in [2.05, 4.69) is 4.98 Å². The quantitative estimate of drug-likeness (QED) is 0.657. The maximum Gasteiger partial charge on any atom is 0.332 e. The first-order valence-electron chi connectivity index (χ1n) is 9.99. The van der Waals surface area contributed by atoms with Gasteiger partial charge in [0.25, 0.3) is 0 Å². The molecule has 0 unspecified atom stereocenters. The maximum atomic E-state index is 13.3. The van der Waals surface area contributed by atoms with Crippen molar-refractivity contribution in [1.82, 2.24) is 14.8 Å². The lowest BCUT2D eigenvalue weighted by Crippen LogP contribution is -2.63. The minimum absolute atomic E-state index is 0.0531. The van der Waals surface area contributed by atoms with Gasteiger partial charge in [-0.3, -0.25) is 24.4 Å². The number of carbonyl (C=O) groups is 3. The number of aromatic nitrogens is 1. The molecule has 0 atom stereocenters. The molecule has 2 heterocycles. The molecule has 3 rings (SSSR count). The summed E-state index contributed by atoms with van der Waals surface area (Å²) in [5.41, 5.74) is 0.465. The first-order chi connectivity index (χ1) is 14.2. The van der Waals surface area contributed by atoms with Crippen LogP contribution in [0.25, 0.3) is 0 Å². The van der Waals surface area contributed by atoms with Crippen LogP contribution in [0, 0.1) is 5.41 Å². The summed E-state index contributed by atoms with van der Waals surface area (Å²) in [5.74, 6) is -0.204. The zero-order valence-corrected chi connectivity index (χ0v) is 17.8. The fourth-order valence-corrected chi connectivity index (χ4v) is 3.80. The van der Waals surface area contributed by atoms with Gasteiger partial charge in [-0.15, -0.1) is 0 Å². The van der Waals surface area contributed by atoms with E-state index in [1.807, 2.05) is 50.2 Å². The highest BCUT2D eigenvalue weighted by Gasteiger charge is 2.54. The molecule has 7 nitrogen and oxygen atoms in total. The number of benzene rings is 1. The van der Waals surface area contributed by atoms with Gasteiger partial charge in [0.05, 0.1) is 6.10 Å². The van der Waals surface area contributed by atoms with Gasteiger partial charge < -0.3 is 4.74 Å². The van der Waals surface area contributed by atoms with Gasteiger partial charge in [-0.05, 0) is 68.5 Å². The number of imide groups is 2. The molecule has 1 aliphatic heterocycles. The van der Waals surface area contributed by atoms with Gasteiger partial charge in [-0.1, -0.05) is 12.1 Å². The maximum absolute atomic E-state index is 13.3. The van der Waals surface area contributed by atoms with E-state index >= 15 is 0 Å². The van der Waals surface area contributed by atoms with Crippen molar-refractivity contribution in [3.63, 3.8) is 0 Å². The molecule has 0 radical (unpaired) electrons. The molecule has 0 spiro atoms. The van der Waals surface area contributed by atoms with Gasteiger partial charge in [0.2, 0.25) is 11.8 Å². The number of barbiturate groups is 1. The Hall–Kier alpha value is -3.22. The van der Waals surface area contributed by atoms with Crippen molar-refractivity contribution in [3.8, 4) is 5.75 Å². The van der Waals surface area contributed by atoms with Crippen LogP contribution >= 0.6 is 0 Å². The van der Waals surface area contributed by atoms with E-state index in [4.69, 9.17) is 4.74 Å². The Labute approximate surface area is 176 Å². The van der Waals surface area contributed by atoms with E-state index in [0.29, 0.717) is 12.8 Å².